The van der Waals surface area contributed by atoms with Crippen LogP contribution in [-0.4, -0.2) is 37.9 Å². The van der Waals surface area contributed by atoms with Gasteiger partial charge in [0.2, 0.25) is 0 Å². The Morgan fingerprint density at radius 3 is 1.44 bits per heavy atom. The first-order chi connectivity index (χ1) is 13.1. The summed E-state index contributed by atoms with van der Waals surface area (Å²) in [4.78, 5) is 11.3. The van der Waals surface area contributed by atoms with Gasteiger partial charge in [-0.1, -0.05) is 96.8 Å². The number of esters is 1. The summed E-state index contributed by atoms with van der Waals surface area (Å²) in [5, 5.41) is 11.8. The zero-order valence-electron chi connectivity index (χ0n) is 18.9. The lowest BCUT2D eigenvalue weighted by Gasteiger charge is -2.06. The summed E-state index contributed by atoms with van der Waals surface area (Å²) in [6.45, 7) is 4.02. The zero-order chi connectivity index (χ0) is 20.6. The van der Waals surface area contributed by atoms with Crippen LogP contribution in [0.3, 0.4) is 0 Å². The Morgan fingerprint density at radius 2 is 1.11 bits per heavy atom. The molecule has 0 saturated heterocycles. The van der Waals surface area contributed by atoms with Crippen molar-refractivity contribution < 1.29 is 14.6 Å². The summed E-state index contributed by atoms with van der Waals surface area (Å²) < 4.78 is 4.93. The summed E-state index contributed by atoms with van der Waals surface area (Å²) >= 11 is 0. The van der Waals surface area contributed by atoms with Crippen LogP contribution >= 0.6 is 0 Å². The number of aliphatic hydroxyl groups is 1. The Morgan fingerprint density at radius 1 is 0.778 bits per heavy atom. The molecule has 27 heavy (non-hydrogen) atoms. The van der Waals surface area contributed by atoms with Gasteiger partial charge in [-0.2, -0.15) is 0 Å². The molecule has 0 spiro atoms. The van der Waals surface area contributed by atoms with Crippen LogP contribution in [0.2, 0.25) is 0 Å². The van der Waals surface area contributed by atoms with E-state index in [1.165, 1.54) is 83.5 Å². The summed E-state index contributed by atoms with van der Waals surface area (Å²) in [5.74, 6) is -0.175. The fourth-order valence-corrected chi connectivity index (χ4v) is 2.93. The smallest absolute Gasteiger partial charge is 0.305 e. The number of hydrogen-bond donors (Lipinski definition) is 2. The fourth-order valence-electron chi connectivity index (χ4n) is 2.93. The van der Waals surface area contributed by atoms with E-state index in [1.807, 2.05) is 14.1 Å². The molecule has 0 aromatic carbocycles. The highest BCUT2D eigenvalue weighted by atomic mass is 16.5. The number of carbonyl (C=O) groups excluding carboxylic acids is 1. The van der Waals surface area contributed by atoms with Gasteiger partial charge in [0.05, 0.1) is 6.10 Å². The number of carbonyl (C=O) groups is 1. The van der Waals surface area contributed by atoms with Crippen LogP contribution < -0.4 is 5.32 Å². The van der Waals surface area contributed by atoms with E-state index in [4.69, 9.17) is 9.84 Å². The Hall–Kier alpha value is -0.610. The van der Waals surface area contributed by atoms with E-state index in [1.54, 1.807) is 6.92 Å². The molecule has 0 aliphatic rings. The lowest BCUT2D eigenvalue weighted by molar-refractivity contribution is -0.146. The number of nitrogens with one attached hydrogen (secondary N) is 1. The molecule has 0 saturated carbocycles. The van der Waals surface area contributed by atoms with Gasteiger partial charge in [0.1, 0.15) is 6.61 Å². The van der Waals surface area contributed by atoms with Crippen LogP contribution in [0.15, 0.2) is 0 Å². The van der Waals surface area contributed by atoms with Crippen molar-refractivity contribution >= 4 is 5.97 Å². The topological polar surface area (TPSA) is 58.6 Å². The van der Waals surface area contributed by atoms with E-state index < -0.39 is 6.10 Å². The van der Waals surface area contributed by atoms with E-state index in [2.05, 4.69) is 12.2 Å². The highest BCUT2D eigenvalue weighted by Crippen LogP contribution is 2.13. The number of hydrogen-bond acceptors (Lipinski definition) is 4. The van der Waals surface area contributed by atoms with E-state index in [-0.39, 0.29) is 12.6 Å². The van der Waals surface area contributed by atoms with Crippen molar-refractivity contribution in [2.45, 2.75) is 123 Å². The van der Waals surface area contributed by atoms with Crippen LogP contribution in [0, 0.1) is 0 Å². The SMILES string of the molecule is CCCCCCCCCCCCCCCCCC(=O)OCC(C)O.CNC. The van der Waals surface area contributed by atoms with Gasteiger partial charge in [-0.25, -0.2) is 0 Å². The van der Waals surface area contributed by atoms with Gasteiger partial charge < -0.3 is 15.2 Å². The minimum absolute atomic E-state index is 0.123. The summed E-state index contributed by atoms with van der Waals surface area (Å²) in [6.07, 6.45) is 19.8. The van der Waals surface area contributed by atoms with Crippen molar-refractivity contribution in [1.29, 1.82) is 0 Å². The molecule has 0 amide bonds. The van der Waals surface area contributed by atoms with E-state index in [0.717, 1.165) is 12.8 Å². The van der Waals surface area contributed by atoms with Crippen LogP contribution in [0.5, 0.6) is 0 Å². The maximum Gasteiger partial charge on any atom is 0.305 e. The van der Waals surface area contributed by atoms with Gasteiger partial charge >= 0.3 is 5.97 Å². The molecule has 4 heteroatoms. The zero-order valence-corrected chi connectivity index (χ0v) is 18.9. The van der Waals surface area contributed by atoms with Gasteiger partial charge in [0, 0.05) is 6.42 Å². The van der Waals surface area contributed by atoms with Crippen molar-refractivity contribution in [3.05, 3.63) is 0 Å². The highest BCUT2D eigenvalue weighted by molar-refractivity contribution is 5.69. The molecule has 1 atom stereocenters. The van der Waals surface area contributed by atoms with Gasteiger partial charge in [0.15, 0.2) is 0 Å². The largest absolute Gasteiger partial charge is 0.463 e. The molecular formula is C23H49NO3. The van der Waals surface area contributed by atoms with Gasteiger partial charge in [-0.3, -0.25) is 4.79 Å². The third-order valence-corrected chi connectivity index (χ3v) is 4.47. The molecule has 0 heterocycles. The molecule has 4 nitrogen and oxygen atoms in total. The minimum atomic E-state index is -0.560. The van der Waals surface area contributed by atoms with Crippen molar-refractivity contribution in [3.63, 3.8) is 0 Å². The standard InChI is InChI=1S/C21H42O3.C2H7N/c1-3-4-5-6-7-8-9-10-11-12-13-14-15-16-17-18-21(23)24-19-20(2)22;1-3-2/h20,22H,3-19H2,1-2H3;3H,1-2H3. The van der Waals surface area contributed by atoms with E-state index in [0.29, 0.717) is 6.42 Å². The molecule has 0 bridgehead atoms. The maximum atomic E-state index is 11.3. The van der Waals surface area contributed by atoms with Crippen LogP contribution in [-0.2, 0) is 9.53 Å². The predicted molar refractivity (Wildman–Crippen MR) is 117 cm³/mol. The Balaban J connectivity index is 0. The van der Waals surface area contributed by atoms with Gasteiger partial charge in [-0.05, 0) is 27.4 Å². The first kappa shape index (κ1) is 28.6. The number of rotatable bonds is 18. The number of unbranched alkanes of at least 4 members (excludes halogenated alkanes) is 14. The van der Waals surface area contributed by atoms with Crippen molar-refractivity contribution in [2.24, 2.45) is 0 Å². The van der Waals surface area contributed by atoms with Crippen LogP contribution in [0.4, 0.5) is 0 Å². The second-order valence-corrected chi connectivity index (χ2v) is 7.73. The summed E-state index contributed by atoms with van der Waals surface area (Å²) in [7, 11) is 3.75. The summed E-state index contributed by atoms with van der Waals surface area (Å²) in [5.41, 5.74) is 0. The molecule has 0 fully saturated rings. The molecule has 0 aliphatic carbocycles. The lowest BCUT2D eigenvalue weighted by Crippen LogP contribution is -2.14. The van der Waals surface area contributed by atoms with Crippen molar-refractivity contribution in [3.8, 4) is 0 Å². The molecule has 164 valence electrons. The lowest BCUT2D eigenvalue weighted by atomic mass is 10.0. The quantitative estimate of drug-likeness (QED) is 0.223. The molecule has 0 aromatic rings. The van der Waals surface area contributed by atoms with E-state index >= 15 is 0 Å². The molecule has 0 aliphatic heterocycles. The van der Waals surface area contributed by atoms with Crippen LogP contribution in [0.25, 0.3) is 0 Å². The third-order valence-electron chi connectivity index (χ3n) is 4.47. The second-order valence-electron chi connectivity index (χ2n) is 7.73. The van der Waals surface area contributed by atoms with Gasteiger partial charge in [-0.15, -0.1) is 0 Å². The third kappa shape index (κ3) is 30.4. The molecule has 1 unspecified atom stereocenters. The maximum absolute atomic E-state index is 11.3. The molecule has 2 N–H and O–H groups in total. The first-order valence-electron chi connectivity index (χ1n) is 11.5. The highest BCUT2D eigenvalue weighted by Gasteiger charge is 2.04. The number of ether oxygens (including phenoxy) is 1. The molecule has 0 radical (unpaired) electrons. The molecule has 0 aromatic heterocycles. The van der Waals surface area contributed by atoms with Crippen LogP contribution in [0.1, 0.15) is 117 Å². The minimum Gasteiger partial charge on any atom is -0.463 e. The predicted octanol–water partition coefficient (Wildman–Crippen LogP) is 6.01. The average Bonchev–Trinajstić information content (AvgIpc) is 2.64. The average molecular weight is 388 g/mol. The van der Waals surface area contributed by atoms with Crippen molar-refractivity contribution in [2.75, 3.05) is 20.7 Å². The monoisotopic (exact) mass is 387 g/mol. The number of aliphatic hydroxyl groups excluding tert-OH is 1. The van der Waals surface area contributed by atoms with Gasteiger partial charge in [0.25, 0.3) is 0 Å². The van der Waals surface area contributed by atoms with E-state index in [9.17, 15) is 4.79 Å². The second kappa shape index (κ2) is 25.4. The fraction of sp³-hybridized carbons (Fsp3) is 0.957. The Labute approximate surface area is 169 Å². The van der Waals surface area contributed by atoms with Crippen molar-refractivity contribution in [1.82, 2.24) is 5.32 Å². The first-order valence-corrected chi connectivity index (χ1v) is 11.5. The Bertz CT molecular complexity index is 283. The molecule has 0 rings (SSSR count). The summed E-state index contributed by atoms with van der Waals surface area (Å²) in [6, 6.07) is 0. The Kier molecular flexibility index (Phi) is 26.9. The normalized spacial score (nSPS) is 11.6. The molecular weight excluding hydrogens is 338 g/mol.